The first-order valence-electron chi connectivity index (χ1n) is 13.1. The minimum Gasteiger partial charge on any atom is -0.496 e. The van der Waals surface area contributed by atoms with Crippen LogP contribution in [0.25, 0.3) is 38.0 Å². The lowest BCUT2D eigenvalue weighted by Crippen LogP contribution is -2.47. The molecular weight excluding hydrogens is 567 g/mol. The SMILES string of the molecule is COc1cccc(F)c1-c1nc(-c2c(C)nn3ccc(OCCN4CCN(S(C)=O)CC4)cc23)sc1-c1ncn[nH]1. The zero-order valence-corrected chi connectivity index (χ0v) is 24.5. The number of aromatic nitrogens is 6. The first-order chi connectivity index (χ1) is 19.9. The summed E-state index contributed by atoms with van der Waals surface area (Å²) in [7, 11) is 0.579. The number of piperazine rings is 1. The molecule has 214 valence electrons. The van der Waals surface area contributed by atoms with Gasteiger partial charge in [0.15, 0.2) is 5.82 Å². The summed E-state index contributed by atoms with van der Waals surface area (Å²) >= 11 is 1.38. The van der Waals surface area contributed by atoms with Crippen molar-refractivity contribution in [2.24, 2.45) is 0 Å². The van der Waals surface area contributed by atoms with Crippen LogP contribution in [0.15, 0.2) is 42.9 Å². The van der Waals surface area contributed by atoms with Crippen LogP contribution in [-0.4, -0.2) is 95.9 Å². The number of H-pyrrole nitrogens is 1. The van der Waals surface area contributed by atoms with Crippen molar-refractivity contribution in [3.05, 3.63) is 54.4 Å². The number of rotatable bonds is 9. The average Bonchev–Trinajstić information content (AvgIpc) is 3.71. The first-order valence-corrected chi connectivity index (χ1v) is 15.4. The molecule has 1 aromatic carbocycles. The van der Waals surface area contributed by atoms with Crippen LogP contribution < -0.4 is 9.47 Å². The normalized spacial score (nSPS) is 15.4. The third-order valence-corrected chi connectivity index (χ3v) is 9.23. The van der Waals surface area contributed by atoms with E-state index in [9.17, 15) is 4.21 Å². The Morgan fingerprint density at radius 2 is 2.00 bits per heavy atom. The van der Waals surface area contributed by atoms with Gasteiger partial charge in [-0.15, -0.1) is 11.3 Å². The van der Waals surface area contributed by atoms with E-state index in [4.69, 9.17) is 14.5 Å². The smallest absolute Gasteiger partial charge is 0.167 e. The number of ether oxygens (including phenoxy) is 2. The van der Waals surface area contributed by atoms with E-state index in [-0.39, 0.29) is 5.56 Å². The molecule has 6 rings (SSSR count). The van der Waals surface area contributed by atoms with Crippen LogP contribution in [0, 0.1) is 12.7 Å². The Balaban J connectivity index is 1.31. The topological polar surface area (TPSA) is 114 Å². The molecule has 41 heavy (non-hydrogen) atoms. The first kappa shape index (κ1) is 27.4. The number of nitrogens with one attached hydrogen (secondary N) is 1. The van der Waals surface area contributed by atoms with Crippen molar-refractivity contribution in [1.29, 1.82) is 0 Å². The van der Waals surface area contributed by atoms with Gasteiger partial charge in [0.25, 0.3) is 0 Å². The number of thiazole rings is 1. The molecule has 1 fully saturated rings. The quantitative estimate of drug-likeness (QED) is 0.274. The Morgan fingerprint density at radius 1 is 1.17 bits per heavy atom. The zero-order chi connectivity index (χ0) is 28.5. The van der Waals surface area contributed by atoms with Gasteiger partial charge in [-0.2, -0.15) is 10.2 Å². The number of fused-ring (bicyclic) bond motifs is 1. The molecule has 0 amide bonds. The number of pyridine rings is 1. The van der Waals surface area contributed by atoms with E-state index < -0.39 is 16.8 Å². The van der Waals surface area contributed by atoms with Crippen molar-refractivity contribution >= 4 is 27.8 Å². The van der Waals surface area contributed by atoms with E-state index in [1.54, 1.807) is 22.9 Å². The van der Waals surface area contributed by atoms with E-state index in [1.165, 1.54) is 30.8 Å². The van der Waals surface area contributed by atoms with Gasteiger partial charge in [0.2, 0.25) is 0 Å². The van der Waals surface area contributed by atoms with Gasteiger partial charge < -0.3 is 9.47 Å². The van der Waals surface area contributed by atoms with Gasteiger partial charge in [0.1, 0.15) is 35.3 Å². The highest BCUT2D eigenvalue weighted by atomic mass is 32.2. The highest BCUT2D eigenvalue weighted by molar-refractivity contribution is 7.81. The summed E-state index contributed by atoms with van der Waals surface area (Å²) in [6.07, 6.45) is 4.99. The minimum absolute atomic E-state index is 0.257. The molecule has 0 aliphatic carbocycles. The Labute approximate surface area is 242 Å². The molecule has 11 nitrogen and oxygen atoms in total. The monoisotopic (exact) mass is 596 g/mol. The van der Waals surface area contributed by atoms with Crippen molar-refractivity contribution in [2.45, 2.75) is 6.92 Å². The molecular formula is C27H29FN8O3S2. The maximum atomic E-state index is 15.2. The second-order valence-corrected chi connectivity index (χ2v) is 11.9. The second-order valence-electron chi connectivity index (χ2n) is 9.54. The summed E-state index contributed by atoms with van der Waals surface area (Å²) < 4.78 is 42.3. The predicted octanol–water partition coefficient (Wildman–Crippen LogP) is 3.66. The third-order valence-electron chi connectivity index (χ3n) is 7.06. The van der Waals surface area contributed by atoms with Gasteiger partial charge in [-0.1, -0.05) is 6.07 Å². The molecule has 1 saturated heterocycles. The molecule has 0 spiro atoms. The van der Waals surface area contributed by atoms with Crippen molar-refractivity contribution in [3.8, 4) is 44.0 Å². The van der Waals surface area contributed by atoms with Crippen LogP contribution in [0.3, 0.4) is 0 Å². The lowest BCUT2D eigenvalue weighted by atomic mass is 10.1. The number of halogens is 1. The van der Waals surface area contributed by atoms with Crippen LogP contribution in [0.2, 0.25) is 0 Å². The number of nitrogens with zero attached hydrogens (tertiary/aromatic N) is 7. The number of benzene rings is 1. The number of hydrogen-bond acceptors (Lipinski definition) is 9. The third kappa shape index (κ3) is 5.47. The Morgan fingerprint density at radius 3 is 2.73 bits per heavy atom. The van der Waals surface area contributed by atoms with Gasteiger partial charge >= 0.3 is 0 Å². The number of hydrogen-bond donors (Lipinski definition) is 1. The van der Waals surface area contributed by atoms with Crippen molar-refractivity contribution in [2.75, 3.05) is 52.7 Å². The van der Waals surface area contributed by atoms with Gasteiger partial charge in [-0.3, -0.25) is 10.00 Å². The van der Waals surface area contributed by atoms with E-state index in [1.807, 2.05) is 29.6 Å². The molecule has 0 bridgehead atoms. The standard InChI is InChI=1S/C27H29FN8O3S2/c1-17-22(20-15-18(7-8-36(20)33-17)39-14-13-34-9-11-35(12-10-34)41(3)37)27-31-24(25(40-27)26-29-16-30-32-26)23-19(28)5-4-6-21(23)38-2/h4-8,15-16H,9-14H2,1-3H3,(H,29,30,32). The Bertz CT molecular complexity index is 1700. The molecule has 0 saturated carbocycles. The van der Waals surface area contributed by atoms with Crippen LogP contribution >= 0.6 is 11.3 Å². The van der Waals surface area contributed by atoms with E-state index in [0.29, 0.717) is 33.8 Å². The van der Waals surface area contributed by atoms with Crippen LogP contribution in [0.5, 0.6) is 11.5 Å². The summed E-state index contributed by atoms with van der Waals surface area (Å²) in [6.45, 7) is 6.53. The number of aromatic amines is 1. The molecule has 5 heterocycles. The van der Waals surface area contributed by atoms with E-state index in [0.717, 1.165) is 55.2 Å². The largest absolute Gasteiger partial charge is 0.496 e. The van der Waals surface area contributed by atoms with Crippen molar-refractivity contribution < 1.29 is 18.1 Å². The van der Waals surface area contributed by atoms with Crippen LogP contribution in [-0.2, 0) is 11.0 Å². The fraction of sp³-hybridized carbons (Fsp3) is 0.333. The average molecular weight is 597 g/mol. The maximum absolute atomic E-state index is 15.2. The number of aryl methyl sites for hydroxylation is 1. The maximum Gasteiger partial charge on any atom is 0.167 e. The lowest BCUT2D eigenvalue weighted by molar-refractivity contribution is 0.162. The fourth-order valence-corrected chi connectivity index (χ4v) is 6.78. The minimum atomic E-state index is -0.925. The number of methoxy groups -OCH3 is 1. The summed E-state index contributed by atoms with van der Waals surface area (Å²) in [4.78, 5) is 12.2. The van der Waals surface area contributed by atoms with Gasteiger partial charge in [-0.25, -0.2) is 27.4 Å². The molecule has 1 unspecified atom stereocenters. The predicted molar refractivity (Wildman–Crippen MR) is 156 cm³/mol. The molecule has 1 N–H and O–H groups in total. The summed E-state index contributed by atoms with van der Waals surface area (Å²) in [6, 6.07) is 8.53. The molecule has 0 radical (unpaired) electrons. The molecule has 1 aliphatic heterocycles. The van der Waals surface area contributed by atoms with Gasteiger partial charge in [0.05, 0.1) is 51.0 Å². The van der Waals surface area contributed by atoms with Crippen LogP contribution in [0.4, 0.5) is 4.39 Å². The second kappa shape index (κ2) is 11.6. The van der Waals surface area contributed by atoms with Gasteiger partial charge in [0, 0.05) is 51.2 Å². The van der Waals surface area contributed by atoms with Crippen molar-refractivity contribution in [3.63, 3.8) is 0 Å². The molecule has 14 heteroatoms. The zero-order valence-electron chi connectivity index (χ0n) is 22.8. The Kier molecular flexibility index (Phi) is 7.79. The molecule has 1 atom stereocenters. The summed E-state index contributed by atoms with van der Waals surface area (Å²) in [5.74, 6) is 1.13. The molecule has 4 aromatic heterocycles. The summed E-state index contributed by atoms with van der Waals surface area (Å²) in [5.41, 5.74) is 3.09. The Hall–Kier alpha value is -3.72. The van der Waals surface area contributed by atoms with E-state index in [2.05, 4.69) is 25.2 Å². The highest BCUT2D eigenvalue weighted by Gasteiger charge is 2.26. The molecule has 1 aliphatic rings. The van der Waals surface area contributed by atoms with Crippen molar-refractivity contribution in [1.82, 2.24) is 39.0 Å². The van der Waals surface area contributed by atoms with Crippen LogP contribution in [0.1, 0.15) is 5.69 Å². The summed E-state index contributed by atoms with van der Waals surface area (Å²) in [5, 5.41) is 12.2. The molecule has 5 aromatic rings. The lowest BCUT2D eigenvalue weighted by Gasteiger charge is -2.32. The van der Waals surface area contributed by atoms with E-state index >= 15 is 4.39 Å². The van der Waals surface area contributed by atoms with Gasteiger partial charge in [-0.05, 0) is 25.1 Å². The highest BCUT2D eigenvalue weighted by Crippen LogP contribution is 2.44. The fourth-order valence-electron chi connectivity index (χ4n) is 4.98.